The number of hydrogen-bond donors (Lipinski definition) is 2. The van der Waals surface area contributed by atoms with Crippen molar-refractivity contribution >= 4 is 6.03 Å². The fraction of sp³-hybridized carbons (Fsp3) is 0.611. The summed E-state index contributed by atoms with van der Waals surface area (Å²) in [7, 11) is 1.80. The number of nitrogens with one attached hydrogen (secondary N) is 1. The van der Waals surface area contributed by atoms with E-state index >= 15 is 0 Å². The number of aliphatic hydroxyl groups excluding tert-OH is 1. The summed E-state index contributed by atoms with van der Waals surface area (Å²) in [4.78, 5) is 14.5. The Bertz CT molecular complexity index is 776. The molecule has 1 atom stereocenters. The summed E-state index contributed by atoms with van der Waals surface area (Å²) in [6, 6.07) is 4.02. The molecule has 2 aromatic rings. The molecule has 0 saturated heterocycles. The lowest BCUT2D eigenvalue weighted by atomic mass is 10.2. The van der Waals surface area contributed by atoms with Gasteiger partial charge >= 0.3 is 6.03 Å². The normalized spacial score (nSPS) is 19.2. The number of aliphatic hydroxyl groups is 1. The fourth-order valence-corrected chi connectivity index (χ4v) is 3.93. The van der Waals surface area contributed by atoms with E-state index < -0.39 is 6.10 Å². The second-order valence-electron chi connectivity index (χ2n) is 7.27. The molecular formula is C18H26N6O2. The van der Waals surface area contributed by atoms with Gasteiger partial charge in [0.1, 0.15) is 6.10 Å². The topological polar surface area (TPSA) is 88.2 Å². The number of fused-ring (bicyclic) bond motifs is 1. The maximum atomic E-state index is 12.6. The number of nitrogens with zero attached hydrogens (tertiary/aromatic N) is 5. The van der Waals surface area contributed by atoms with Gasteiger partial charge in [0.15, 0.2) is 0 Å². The maximum absolute atomic E-state index is 12.6. The van der Waals surface area contributed by atoms with Crippen LogP contribution in [0.15, 0.2) is 18.3 Å². The third-order valence-electron chi connectivity index (χ3n) is 5.42. The third-order valence-corrected chi connectivity index (χ3v) is 5.42. The summed E-state index contributed by atoms with van der Waals surface area (Å²) < 4.78 is 3.56. The number of carbonyl (C=O) groups is 1. The molecule has 1 saturated carbocycles. The Labute approximate surface area is 152 Å². The average Bonchev–Trinajstić information content (AvgIpc) is 3.34. The van der Waals surface area contributed by atoms with Crippen LogP contribution in [0.4, 0.5) is 4.79 Å². The van der Waals surface area contributed by atoms with E-state index in [0.29, 0.717) is 24.0 Å². The van der Waals surface area contributed by atoms with Crippen molar-refractivity contribution in [3.63, 3.8) is 0 Å². The van der Waals surface area contributed by atoms with Gasteiger partial charge in [0, 0.05) is 32.4 Å². The first kappa shape index (κ1) is 17.1. The van der Waals surface area contributed by atoms with Crippen molar-refractivity contribution in [2.45, 2.75) is 57.3 Å². The first-order valence-electron chi connectivity index (χ1n) is 9.40. The molecule has 0 spiro atoms. The summed E-state index contributed by atoms with van der Waals surface area (Å²) in [5.41, 5.74) is 2.26. The quantitative estimate of drug-likeness (QED) is 0.871. The summed E-state index contributed by atoms with van der Waals surface area (Å²) in [6.45, 7) is 1.99. The first-order chi connectivity index (χ1) is 12.6. The zero-order chi connectivity index (χ0) is 18.1. The molecule has 8 heteroatoms. The van der Waals surface area contributed by atoms with Crippen molar-refractivity contribution in [3.8, 4) is 0 Å². The Balaban J connectivity index is 1.48. The molecule has 1 aliphatic heterocycles. The number of urea groups is 1. The number of aryl methyl sites for hydroxylation is 2. The lowest BCUT2D eigenvalue weighted by Crippen LogP contribution is -2.43. The Kier molecular flexibility index (Phi) is 4.67. The van der Waals surface area contributed by atoms with Crippen LogP contribution in [0.2, 0.25) is 0 Å². The van der Waals surface area contributed by atoms with E-state index in [-0.39, 0.29) is 6.03 Å². The van der Waals surface area contributed by atoms with E-state index in [0.717, 1.165) is 38.0 Å². The van der Waals surface area contributed by atoms with E-state index in [1.54, 1.807) is 24.0 Å². The Morgan fingerprint density at radius 3 is 2.85 bits per heavy atom. The van der Waals surface area contributed by atoms with E-state index in [1.165, 1.54) is 12.8 Å². The molecule has 2 amide bonds. The van der Waals surface area contributed by atoms with Crippen LogP contribution in [0, 0.1) is 0 Å². The molecule has 1 aliphatic carbocycles. The van der Waals surface area contributed by atoms with Crippen LogP contribution < -0.4 is 5.32 Å². The van der Waals surface area contributed by atoms with Crippen molar-refractivity contribution in [1.29, 1.82) is 0 Å². The molecule has 2 aliphatic rings. The lowest BCUT2D eigenvalue weighted by Gasteiger charge is -2.23. The Morgan fingerprint density at radius 2 is 2.12 bits per heavy atom. The van der Waals surface area contributed by atoms with Crippen LogP contribution in [-0.4, -0.2) is 48.2 Å². The minimum Gasteiger partial charge on any atom is -0.380 e. The summed E-state index contributed by atoms with van der Waals surface area (Å²) >= 11 is 0. The van der Waals surface area contributed by atoms with Gasteiger partial charge in [0.25, 0.3) is 0 Å². The summed E-state index contributed by atoms with van der Waals surface area (Å²) in [5, 5.41) is 22.5. The third kappa shape index (κ3) is 3.33. The molecular weight excluding hydrogens is 332 g/mol. The molecule has 2 N–H and O–H groups in total. The minimum absolute atomic E-state index is 0.0142. The van der Waals surface area contributed by atoms with E-state index in [1.807, 2.05) is 15.6 Å². The highest BCUT2D eigenvalue weighted by atomic mass is 16.3. The SMILES string of the molecule is Cn1nccc1[C@H](O)c1cc2n(n1)CCCN(C(=O)NC1CCCC1)C2. The van der Waals surface area contributed by atoms with Crippen LogP contribution in [-0.2, 0) is 20.1 Å². The number of amides is 2. The largest absolute Gasteiger partial charge is 0.380 e. The van der Waals surface area contributed by atoms with Gasteiger partial charge in [-0.05, 0) is 31.4 Å². The molecule has 2 aromatic heterocycles. The van der Waals surface area contributed by atoms with Gasteiger partial charge in [0.2, 0.25) is 0 Å². The lowest BCUT2D eigenvalue weighted by molar-refractivity contribution is 0.191. The van der Waals surface area contributed by atoms with Crippen LogP contribution >= 0.6 is 0 Å². The second-order valence-corrected chi connectivity index (χ2v) is 7.27. The maximum Gasteiger partial charge on any atom is 0.317 e. The molecule has 3 heterocycles. The summed E-state index contributed by atoms with van der Waals surface area (Å²) in [6.07, 6.45) is 6.27. The molecule has 1 fully saturated rings. The average molecular weight is 358 g/mol. The van der Waals surface area contributed by atoms with E-state index in [9.17, 15) is 9.90 Å². The molecule has 8 nitrogen and oxygen atoms in total. The number of hydrogen-bond acceptors (Lipinski definition) is 4. The fourth-order valence-electron chi connectivity index (χ4n) is 3.93. The smallest absolute Gasteiger partial charge is 0.317 e. The standard InChI is InChI=1S/C18H26N6O2/c1-22-16(7-8-19-22)17(25)15-11-14-12-23(9-4-10-24(14)21-15)18(26)20-13-5-2-3-6-13/h7-8,11,13,17,25H,2-6,9-10,12H2,1H3,(H,20,26)/t17-/m1/s1. The molecule has 0 unspecified atom stereocenters. The predicted molar refractivity (Wildman–Crippen MR) is 95.3 cm³/mol. The number of carbonyl (C=O) groups excluding carboxylic acids is 1. The van der Waals surface area contributed by atoms with Crippen LogP contribution in [0.5, 0.6) is 0 Å². The predicted octanol–water partition coefficient (Wildman–Crippen LogP) is 1.56. The highest BCUT2D eigenvalue weighted by Gasteiger charge is 2.26. The van der Waals surface area contributed by atoms with Crippen LogP contribution in [0.3, 0.4) is 0 Å². The highest BCUT2D eigenvalue weighted by Crippen LogP contribution is 2.23. The minimum atomic E-state index is -0.817. The van der Waals surface area contributed by atoms with Gasteiger partial charge in [-0.15, -0.1) is 0 Å². The van der Waals surface area contributed by atoms with Crippen molar-refractivity contribution in [3.05, 3.63) is 35.4 Å². The van der Waals surface area contributed by atoms with E-state index in [2.05, 4.69) is 15.5 Å². The molecule has 0 aromatic carbocycles. The second kappa shape index (κ2) is 7.11. The van der Waals surface area contributed by atoms with Crippen molar-refractivity contribution in [1.82, 2.24) is 29.8 Å². The van der Waals surface area contributed by atoms with Gasteiger partial charge in [-0.3, -0.25) is 9.36 Å². The first-order valence-corrected chi connectivity index (χ1v) is 9.40. The van der Waals surface area contributed by atoms with Crippen molar-refractivity contribution in [2.75, 3.05) is 6.54 Å². The highest BCUT2D eigenvalue weighted by molar-refractivity contribution is 5.74. The van der Waals surface area contributed by atoms with Crippen molar-refractivity contribution in [2.24, 2.45) is 7.05 Å². The van der Waals surface area contributed by atoms with Gasteiger partial charge in [-0.25, -0.2) is 4.79 Å². The van der Waals surface area contributed by atoms with Crippen LogP contribution in [0.25, 0.3) is 0 Å². The van der Waals surface area contributed by atoms with Crippen molar-refractivity contribution < 1.29 is 9.90 Å². The zero-order valence-corrected chi connectivity index (χ0v) is 15.1. The molecule has 0 bridgehead atoms. The Hall–Kier alpha value is -2.35. The van der Waals surface area contributed by atoms with Crippen LogP contribution in [0.1, 0.15) is 55.3 Å². The number of rotatable bonds is 3. The molecule has 4 rings (SSSR count). The van der Waals surface area contributed by atoms with Gasteiger partial charge in [-0.2, -0.15) is 10.2 Å². The number of aromatic nitrogens is 4. The summed E-state index contributed by atoms with van der Waals surface area (Å²) in [5.74, 6) is 0. The Morgan fingerprint density at radius 1 is 1.31 bits per heavy atom. The molecule has 26 heavy (non-hydrogen) atoms. The zero-order valence-electron chi connectivity index (χ0n) is 15.1. The van der Waals surface area contributed by atoms with E-state index in [4.69, 9.17) is 0 Å². The van der Waals surface area contributed by atoms with Gasteiger partial charge < -0.3 is 15.3 Å². The monoisotopic (exact) mass is 358 g/mol. The van der Waals surface area contributed by atoms with Gasteiger partial charge in [-0.1, -0.05) is 12.8 Å². The van der Waals surface area contributed by atoms with Gasteiger partial charge in [0.05, 0.1) is 23.6 Å². The molecule has 0 radical (unpaired) electrons. The molecule has 140 valence electrons.